The molecule has 0 amide bonds. The van der Waals surface area contributed by atoms with E-state index >= 15 is 0 Å². The van der Waals surface area contributed by atoms with Gasteiger partial charge >= 0.3 is 0 Å². The molecular formula is C23H23BrClNO2. The van der Waals surface area contributed by atoms with Crippen molar-refractivity contribution >= 4 is 27.5 Å². The third-order valence-electron chi connectivity index (χ3n) is 4.38. The first kappa shape index (κ1) is 20.7. The van der Waals surface area contributed by atoms with Crippen molar-refractivity contribution in [3.05, 3.63) is 92.4 Å². The summed E-state index contributed by atoms with van der Waals surface area (Å²) in [7, 11) is 1.65. The molecule has 5 heteroatoms. The number of rotatable bonds is 8. The zero-order chi connectivity index (χ0) is 19.9. The van der Waals surface area contributed by atoms with E-state index in [9.17, 15) is 0 Å². The summed E-state index contributed by atoms with van der Waals surface area (Å²) in [6.07, 6.45) is 0. The maximum Gasteiger partial charge on any atom is 0.162 e. The zero-order valence-corrected chi connectivity index (χ0v) is 18.3. The van der Waals surface area contributed by atoms with Gasteiger partial charge in [0.05, 0.1) is 7.11 Å². The Hall–Kier alpha value is -2.01. The molecule has 146 valence electrons. The highest BCUT2D eigenvalue weighted by Crippen LogP contribution is 2.34. The average Bonchev–Trinajstić information content (AvgIpc) is 2.69. The van der Waals surface area contributed by atoms with E-state index in [1.807, 2.05) is 36.4 Å². The molecule has 1 N–H and O–H groups in total. The molecule has 0 radical (unpaired) electrons. The van der Waals surface area contributed by atoms with Crippen LogP contribution < -0.4 is 14.8 Å². The van der Waals surface area contributed by atoms with Gasteiger partial charge in [0.15, 0.2) is 11.5 Å². The lowest BCUT2D eigenvalue weighted by Gasteiger charge is -2.15. The number of halogens is 2. The van der Waals surface area contributed by atoms with Crippen LogP contribution in [0.3, 0.4) is 0 Å². The van der Waals surface area contributed by atoms with Gasteiger partial charge in [0.1, 0.15) is 6.61 Å². The molecule has 0 bridgehead atoms. The minimum absolute atomic E-state index is 0.425. The topological polar surface area (TPSA) is 30.5 Å². The molecule has 0 fully saturated rings. The van der Waals surface area contributed by atoms with Gasteiger partial charge in [-0.3, -0.25) is 0 Å². The highest BCUT2D eigenvalue weighted by molar-refractivity contribution is 9.10. The van der Waals surface area contributed by atoms with Gasteiger partial charge in [0, 0.05) is 22.6 Å². The fourth-order valence-corrected chi connectivity index (χ4v) is 3.50. The van der Waals surface area contributed by atoms with Crippen LogP contribution in [0.2, 0.25) is 5.02 Å². The second-order valence-electron chi connectivity index (χ2n) is 6.60. The van der Waals surface area contributed by atoms with Crippen molar-refractivity contribution in [2.75, 3.05) is 7.11 Å². The number of methoxy groups -OCH3 is 1. The van der Waals surface area contributed by atoms with Gasteiger partial charge in [-0.15, -0.1) is 0 Å². The summed E-state index contributed by atoms with van der Waals surface area (Å²) >= 11 is 9.68. The van der Waals surface area contributed by atoms with Crippen molar-refractivity contribution in [2.24, 2.45) is 0 Å². The number of ether oxygens (including phenoxy) is 2. The Labute approximate surface area is 179 Å². The number of benzene rings is 3. The Morgan fingerprint density at radius 2 is 1.71 bits per heavy atom. The Bertz CT molecular complexity index is 928. The predicted molar refractivity (Wildman–Crippen MR) is 118 cm³/mol. The normalized spacial score (nSPS) is 10.7. The van der Waals surface area contributed by atoms with Crippen LogP contribution in [0.25, 0.3) is 0 Å². The molecule has 0 heterocycles. The van der Waals surface area contributed by atoms with Crippen molar-refractivity contribution in [1.82, 2.24) is 5.32 Å². The Morgan fingerprint density at radius 1 is 0.929 bits per heavy atom. The van der Waals surface area contributed by atoms with E-state index < -0.39 is 0 Å². The van der Waals surface area contributed by atoms with Gasteiger partial charge in [-0.2, -0.15) is 0 Å². The molecule has 0 aliphatic rings. The van der Waals surface area contributed by atoms with E-state index in [1.165, 1.54) is 11.1 Å². The minimum Gasteiger partial charge on any atom is -0.493 e. The number of hydrogen-bond acceptors (Lipinski definition) is 3. The average molecular weight is 461 g/mol. The minimum atomic E-state index is 0.425. The quantitative estimate of drug-likeness (QED) is 0.428. The van der Waals surface area contributed by atoms with Crippen molar-refractivity contribution in [3.8, 4) is 11.5 Å². The van der Waals surface area contributed by atoms with E-state index in [4.69, 9.17) is 21.1 Å². The lowest BCUT2D eigenvalue weighted by Crippen LogP contribution is -2.13. The summed E-state index contributed by atoms with van der Waals surface area (Å²) in [5, 5.41) is 4.17. The van der Waals surface area contributed by atoms with Gasteiger partial charge in [-0.05, 0) is 47.9 Å². The monoisotopic (exact) mass is 459 g/mol. The smallest absolute Gasteiger partial charge is 0.162 e. The number of aryl methyl sites for hydroxylation is 1. The maximum absolute atomic E-state index is 6.04. The molecule has 28 heavy (non-hydrogen) atoms. The molecular weight excluding hydrogens is 438 g/mol. The molecule has 3 aromatic carbocycles. The highest BCUT2D eigenvalue weighted by Gasteiger charge is 2.11. The zero-order valence-electron chi connectivity index (χ0n) is 16.0. The highest BCUT2D eigenvalue weighted by atomic mass is 79.9. The lowest BCUT2D eigenvalue weighted by molar-refractivity contribution is 0.284. The number of nitrogens with one attached hydrogen (secondary N) is 1. The van der Waals surface area contributed by atoms with E-state index in [-0.39, 0.29) is 0 Å². The van der Waals surface area contributed by atoms with E-state index in [0.717, 1.165) is 28.7 Å². The third kappa shape index (κ3) is 5.74. The molecule has 0 atom stereocenters. The van der Waals surface area contributed by atoms with Crippen LogP contribution >= 0.6 is 27.5 Å². The van der Waals surface area contributed by atoms with E-state index in [1.54, 1.807) is 7.11 Å². The van der Waals surface area contributed by atoms with Crippen molar-refractivity contribution in [2.45, 2.75) is 26.6 Å². The first-order valence-electron chi connectivity index (χ1n) is 9.05. The Morgan fingerprint density at radius 3 is 2.43 bits per heavy atom. The number of hydrogen-bond donors (Lipinski definition) is 1. The summed E-state index contributed by atoms with van der Waals surface area (Å²) in [4.78, 5) is 0. The molecule has 0 aromatic heterocycles. The van der Waals surface area contributed by atoms with Crippen LogP contribution in [0.1, 0.15) is 22.3 Å². The third-order valence-corrected chi connectivity index (χ3v) is 5.35. The van der Waals surface area contributed by atoms with Crippen LogP contribution in [-0.4, -0.2) is 7.11 Å². The predicted octanol–water partition coefficient (Wildman–Crippen LogP) is 6.29. The largest absolute Gasteiger partial charge is 0.493 e. The van der Waals surface area contributed by atoms with Gasteiger partial charge in [0.25, 0.3) is 0 Å². The molecule has 0 unspecified atom stereocenters. The second kappa shape index (κ2) is 9.97. The first-order chi connectivity index (χ1) is 13.5. The van der Waals surface area contributed by atoms with Crippen LogP contribution in [-0.2, 0) is 19.7 Å². The van der Waals surface area contributed by atoms with Crippen molar-refractivity contribution < 1.29 is 9.47 Å². The summed E-state index contributed by atoms with van der Waals surface area (Å²) in [5.41, 5.74) is 4.65. The van der Waals surface area contributed by atoms with Crippen LogP contribution in [0.4, 0.5) is 0 Å². The molecule has 3 aromatic rings. The maximum atomic E-state index is 6.04. The van der Waals surface area contributed by atoms with E-state index in [0.29, 0.717) is 23.1 Å². The Kier molecular flexibility index (Phi) is 7.37. The van der Waals surface area contributed by atoms with Crippen molar-refractivity contribution in [1.29, 1.82) is 0 Å². The van der Waals surface area contributed by atoms with Gasteiger partial charge in [0.2, 0.25) is 0 Å². The van der Waals surface area contributed by atoms with Crippen LogP contribution in [0, 0.1) is 6.92 Å². The molecule has 3 rings (SSSR count). The molecule has 0 aliphatic carbocycles. The molecule has 0 spiro atoms. The van der Waals surface area contributed by atoms with Gasteiger partial charge < -0.3 is 14.8 Å². The SMILES string of the molecule is COc1cc(CNCc2ccc(C)cc2)c(Br)cc1OCc1cccc(Cl)c1. The first-order valence-corrected chi connectivity index (χ1v) is 10.2. The molecule has 0 saturated carbocycles. The van der Waals surface area contributed by atoms with Gasteiger partial charge in [-0.25, -0.2) is 0 Å². The molecule has 0 aliphatic heterocycles. The second-order valence-corrected chi connectivity index (χ2v) is 7.89. The molecule has 3 nitrogen and oxygen atoms in total. The molecule has 0 saturated heterocycles. The van der Waals surface area contributed by atoms with Crippen molar-refractivity contribution in [3.63, 3.8) is 0 Å². The lowest BCUT2D eigenvalue weighted by atomic mass is 10.1. The van der Waals surface area contributed by atoms with E-state index in [2.05, 4.69) is 52.4 Å². The fourth-order valence-electron chi connectivity index (χ4n) is 2.82. The standard InChI is InChI=1S/C23H23BrClNO2/c1-16-6-8-17(9-7-16)13-26-14-19-11-22(27-2)23(12-21(19)24)28-15-18-4-3-5-20(25)10-18/h3-12,26H,13-15H2,1-2H3. The Balaban J connectivity index is 1.64. The summed E-state index contributed by atoms with van der Waals surface area (Å²) in [6.45, 7) is 4.05. The van der Waals surface area contributed by atoms with Gasteiger partial charge in [-0.1, -0.05) is 69.5 Å². The summed E-state index contributed by atoms with van der Waals surface area (Å²) in [5.74, 6) is 1.40. The summed E-state index contributed by atoms with van der Waals surface area (Å²) in [6, 6.07) is 20.1. The fraction of sp³-hybridized carbons (Fsp3) is 0.217. The summed E-state index contributed by atoms with van der Waals surface area (Å²) < 4.78 is 12.5. The van der Waals surface area contributed by atoms with Crippen LogP contribution in [0.5, 0.6) is 11.5 Å². The van der Waals surface area contributed by atoms with Crippen LogP contribution in [0.15, 0.2) is 65.1 Å².